The maximum atomic E-state index is 6.14. The Kier molecular flexibility index (Phi) is 14.8. The van der Waals surface area contributed by atoms with Crippen LogP contribution in [0.5, 0.6) is 0 Å². The molecule has 0 fully saturated rings. The topological polar surface area (TPSA) is 18.5 Å². The Labute approximate surface area is 134 Å². The van der Waals surface area contributed by atoms with E-state index in [4.69, 9.17) is 9.47 Å². The van der Waals surface area contributed by atoms with E-state index in [1.807, 2.05) is 0 Å². The summed E-state index contributed by atoms with van der Waals surface area (Å²) in [5.41, 5.74) is 0. The molecule has 0 saturated carbocycles. The molecule has 2 heteroatoms. The molecule has 0 N–H and O–H groups in total. The molecule has 0 aliphatic heterocycles. The van der Waals surface area contributed by atoms with Gasteiger partial charge >= 0.3 is 0 Å². The molecular formula is C19H40O2. The van der Waals surface area contributed by atoms with Crippen LogP contribution in [0.2, 0.25) is 0 Å². The van der Waals surface area contributed by atoms with Gasteiger partial charge in [-0.3, -0.25) is 0 Å². The molecule has 0 aromatic heterocycles. The van der Waals surface area contributed by atoms with Gasteiger partial charge in [0.2, 0.25) is 0 Å². The van der Waals surface area contributed by atoms with Crippen molar-refractivity contribution in [3.8, 4) is 0 Å². The average molecular weight is 301 g/mol. The first-order valence-corrected chi connectivity index (χ1v) is 9.52. The van der Waals surface area contributed by atoms with Gasteiger partial charge in [-0.05, 0) is 19.3 Å². The molecule has 0 amide bonds. The predicted molar refractivity (Wildman–Crippen MR) is 92.7 cm³/mol. The lowest BCUT2D eigenvalue weighted by Gasteiger charge is -2.34. The summed E-state index contributed by atoms with van der Waals surface area (Å²) in [5, 5.41) is 0. The summed E-state index contributed by atoms with van der Waals surface area (Å²) in [6.45, 7) is 10.5. The summed E-state index contributed by atoms with van der Waals surface area (Å²) in [5.74, 6) is -0.301. The van der Waals surface area contributed by atoms with Crippen LogP contribution in [0.15, 0.2) is 0 Å². The van der Waals surface area contributed by atoms with E-state index in [-0.39, 0.29) is 5.79 Å². The lowest BCUT2D eigenvalue weighted by Crippen LogP contribution is -2.36. The van der Waals surface area contributed by atoms with Crippen LogP contribution in [0.25, 0.3) is 0 Å². The fourth-order valence-corrected chi connectivity index (χ4v) is 2.76. The summed E-state index contributed by atoms with van der Waals surface area (Å²) in [6, 6.07) is 0. The molecule has 0 aromatic carbocycles. The monoisotopic (exact) mass is 300 g/mol. The van der Waals surface area contributed by atoms with Gasteiger partial charge in [0.05, 0.1) is 0 Å². The fraction of sp³-hybridized carbons (Fsp3) is 1.00. The lowest BCUT2D eigenvalue weighted by molar-refractivity contribution is -0.246. The SMILES string of the molecule is CCCCCCCCCC(CCC)(OCCC)OCCC. The molecule has 0 aliphatic carbocycles. The Hall–Kier alpha value is -0.0800. The number of ether oxygens (including phenoxy) is 2. The number of unbranched alkanes of at least 4 members (excludes halogenated alkanes) is 6. The zero-order valence-electron chi connectivity index (χ0n) is 15.2. The van der Waals surface area contributed by atoms with Gasteiger partial charge in [-0.25, -0.2) is 0 Å². The molecule has 0 saturated heterocycles. The van der Waals surface area contributed by atoms with Gasteiger partial charge in [-0.1, -0.05) is 72.6 Å². The van der Waals surface area contributed by atoms with E-state index in [1.54, 1.807) is 0 Å². The normalized spacial score (nSPS) is 12.0. The van der Waals surface area contributed by atoms with Crippen molar-refractivity contribution in [1.29, 1.82) is 0 Å². The predicted octanol–water partition coefficient (Wildman–Crippen LogP) is 6.48. The highest BCUT2D eigenvalue weighted by Gasteiger charge is 2.30. The minimum absolute atomic E-state index is 0.301. The molecule has 0 bridgehead atoms. The summed E-state index contributed by atoms with van der Waals surface area (Å²) in [4.78, 5) is 0. The van der Waals surface area contributed by atoms with Gasteiger partial charge in [0, 0.05) is 26.1 Å². The van der Waals surface area contributed by atoms with Gasteiger partial charge in [0.15, 0.2) is 5.79 Å². The standard InChI is InChI=1S/C19H40O2/c1-5-9-10-11-12-13-14-16-19(15-6-2,20-17-7-3)21-18-8-4/h5-18H2,1-4H3. The van der Waals surface area contributed by atoms with Gasteiger partial charge in [-0.2, -0.15) is 0 Å². The van der Waals surface area contributed by atoms with Crippen molar-refractivity contribution in [3.63, 3.8) is 0 Å². The zero-order chi connectivity index (χ0) is 15.8. The Morgan fingerprint density at radius 1 is 0.524 bits per heavy atom. The Morgan fingerprint density at radius 3 is 1.52 bits per heavy atom. The zero-order valence-corrected chi connectivity index (χ0v) is 15.2. The van der Waals surface area contributed by atoms with E-state index in [1.165, 1.54) is 44.9 Å². The molecule has 0 aromatic rings. The lowest BCUT2D eigenvalue weighted by atomic mass is 10.0. The first-order valence-electron chi connectivity index (χ1n) is 9.52. The Morgan fingerprint density at radius 2 is 1.05 bits per heavy atom. The fourth-order valence-electron chi connectivity index (χ4n) is 2.76. The summed E-state index contributed by atoms with van der Waals surface area (Å²) in [7, 11) is 0. The number of hydrogen-bond acceptors (Lipinski definition) is 2. The van der Waals surface area contributed by atoms with Gasteiger partial charge < -0.3 is 9.47 Å². The molecule has 21 heavy (non-hydrogen) atoms. The second-order valence-corrected chi connectivity index (χ2v) is 6.23. The summed E-state index contributed by atoms with van der Waals surface area (Å²) >= 11 is 0. The summed E-state index contributed by atoms with van der Waals surface area (Å²) in [6.07, 6.45) is 14.8. The van der Waals surface area contributed by atoms with Crippen molar-refractivity contribution in [1.82, 2.24) is 0 Å². The molecule has 0 atom stereocenters. The first-order chi connectivity index (χ1) is 10.2. The minimum Gasteiger partial charge on any atom is -0.350 e. The molecule has 128 valence electrons. The van der Waals surface area contributed by atoms with Crippen LogP contribution in [0, 0.1) is 0 Å². The molecule has 0 heterocycles. The van der Waals surface area contributed by atoms with Crippen LogP contribution < -0.4 is 0 Å². The van der Waals surface area contributed by atoms with E-state index < -0.39 is 0 Å². The van der Waals surface area contributed by atoms with Crippen LogP contribution in [-0.2, 0) is 9.47 Å². The quantitative estimate of drug-likeness (QED) is 0.240. The van der Waals surface area contributed by atoms with Crippen molar-refractivity contribution in [3.05, 3.63) is 0 Å². The van der Waals surface area contributed by atoms with Gasteiger partial charge in [0.1, 0.15) is 0 Å². The second kappa shape index (κ2) is 14.8. The highest BCUT2D eigenvalue weighted by molar-refractivity contribution is 4.70. The van der Waals surface area contributed by atoms with Crippen LogP contribution >= 0.6 is 0 Å². The Balaban J connectivity index is 4.10. The summed E-state index contributed by atoms with van der Waals surface area (Å²) < 4.78 is 12.3. The van der Waals surface area contributed by atoms with Crippen molar-refractivity contribution in [2.45, 2.75) is 111 Å². The molecule has 0 unspecified atom stereocenters. The van der Waals surface area contributed by atoms with Crippen molar-refractivity contribution in [2.24, 2.45) is 0 Å². The van der Waals surface area contributed by atoms with E-state index in [0.29, 0.717) is 0 Å². The van der Waals surface area contributed by atoms with E-state index in [0.717, 1.165) is 45.3 Å². The molecule has 2 nitrogen and oxygen atoms in total. The maximum Gasteiger partial charge on any atom is 0.168 e. The largest absolute Gasteiger partial charge is 0.350 e. The molecule has 0 rings (SSSR count). The van der Waals surface area contributed by atoms with Crippen molar-refractivity contribution >= 4 is 0 Å². The minimum atomic E-state index is -0.301. The maximum absolute atomic E-state index is 6.14. The van der Waals surface area contributed by atoms with Gasteiger partial charge in [-0.15, -0.1) is 0 Å². The number of hydrogen-bond donors (Lipinski definition) is 0. The van der Waals surface area contributed by atoms with Gasteiger partial charge in [0.25, 0.3) is 0 Å². The van der Waals surface area contributed by atoms with Crippen molar-refractivity contribution < 1.29 is 9.47 Å². The van der Waals surface area contributed by atoms with E-state index in [9.17, 15) is 0 Å². The third-order valence-electron chi connectivity index (χ3n) is 3.93. The first kappa shape index (κ1) is 20.9. The Bertz CT molecular complexity index is 196. The van der Waals surface area contributed by atoms with E-state index in [2.05, 4.69) is 27.7 Å². The number of rotatable bonds is 16. The van der Waals surface area contributed by atoms with Crippen molar-refractivity contribution in [2.75, 3.05) is 13.2 Å². The molecule has 0 aliphatic rings. The molecule has 0 spiro atoms. The third kappa shape index (κ3) is 11.2. The highest BCUT2D eigenvalue weighted by Crippen LogP contribution is 2.28. The molecular weight excluding hydrogens is 260 g/mol. The second-order valence-electron chi connectivity index (χ2n) is 6.23. The molecule has 0 radical (unpaired) electrons. The average Bonchev–Trinajstić information content (AvgIpc) is 2.50. The van der Waals surface area contributed by atoms with Crippen LogP contribution in [-0.4, -0.2) is 19.0 Å². The van der Waals surface area contributed by atoms with E-state index >= 15 is 0 Å². The van der Waals surface area contributed by atoms with Crippen LogP contribution in [0.1, 0.15) is 105 Å². The third-order valence-corrected chi connectivity index (χ3v) is 3.93. The van der Waals surface area contributed by atoms with Crippen LogP contribution in [0.4, 0.5) is 0 Å². The van der Waals surface area contributed by atoms with Crippen LogP contribution in [0.3, 0.4) is 0 Å². The highest BCUT2D eigenvalue weighted by atomic mass is 16.7. The smallest absolute Gasteiger partial charge is 0.168 e.